The average Bonchev–Trinajstić information content (AvgIpc) is 2.73. The summed E-state index contributed by atoms with van der Waals surface area (Å²) in [5.41, 5.74) is 3.18. The molecular weight excluding hydrogens is 338 g/mol. The van der Waals surface area contributed by atoms with E-state index in [1.54, 1.807) is 12.0 Å². The van der Waals surface area contributed by atoms with Crippen LogP contribution in [0.1, 0.15) is 18.9 Å². The molecule has 1 amide bonds. The lowest BCUT2D eigenvalue weighted by atomic mass is 10.1. The number of ether oxygens (including phenoxy) is 1. The van der Waals surface area contributed by atoms with Gasteiger partial charge < -0.3 is 19.9 Å². The lowest BCUT2D eigenvalue weighted by molar-refractivity contribution is -0.898. The summed E-state index contributed by atoms with van der Waals surface area (Å²) in [6, 6.07) is 16.0. The molecule has 27 heavy (non-hydrogen) atoms. The molecule has 5 nitrogen and oxygen atoms in total. The number of hydrogen-bond donors (Lipinski definition) is 2. The van der Waals surface area contributed by atoms with Gasteiger partial charge in [0.05, 0.1) is 51.2 Å². The Hall–Kier alpha value is -2.53. The fourth-order valence-electron chi connectivity index (χ4n) is 3.54. The van der Waals surface area contributed by atoms with Crippen molar-refractivity contribution in [1.82, 2.24) is 0 Å². The molecule has 3 rings (SSSR count). The molecule has 2 aromatic rings. The van der Waals surface area contributed by atoms with Crippen LogP contribution in [0.5, 0.6) is 5.75 Å². The van der Waals surface area contributed by atoms with Gasteiger partial charge in [-0.05, 0) is 43.2 Å². The maximum atomic E-state index is 12.5. The van der Waals surface area contributed by atoms with Crippen molar-refractivity contribution in [2.24, 2.45) is 0 Å². The highest BCUT2D eigenvalue weighted by atomic mass is 16.5. The molecule has 1 aliphatic heterocycles. The molecule has 1 saturated heterocycles. The van der Waals surface area contributed by atoms with Crippen molar-refractivity contribution in [2.45, 2.75) is 19.8 Å². The summed E-state index contributed by atoms with van der Waals surface area (Å²) in [6.07, 6.45) is 1.19. The number of likely N-dealkylation sites (N-methyl/N-ethyl adjacent to an activating group) is 1. The van der Waals surface area contributed by atoms with Crippen LogP contribution in [0.4, 0.5) is 11.4 Å². The molecular formula is C22H30N3O2+. The van der Waals surface area contributed by atoms with E-state index >= 15 is 0 Å². The molecule has 0 saturated carbocycles. The number of rotatable bonds is 7. The number of carbonyl (C=O) groups is 1. The van der Waals surface area contributed by atoms with Crippen molar-refractivity contribution < 1.29 is 14.4 Å². The highest BCUT2D eigenvalue weighted by molar-refractivity contribution is 5.94. The first-order valence-corrected chi connectivity index (χ1v) is 9.80. The van der Waals surface area contributed by atoms with E-state index in [2.05, 4.69) is 23.2 Å². The van der Waals surface area contributed by atoms with Gasteiger partial charge in [0.15, 0.2) is 0 Å². The molecule has 0 unspecified atom stereocenters. The minimum absolute atomic E-state index is 0.0519. The summed E-state index contributed by atoms with van der Waals surface area (Å²) in [6.45, 7) is 7.77. The molecule has 144 valence electrons. The van der Waals surface area contributed by atoms with Crippen LogP contribution in [-0.4, -0.2) is 45.7 Å². The highest BCUT2D eigenvalue weighted by Crippen LogP contribution is 2.26. The topological polar surface area (TPSA) is 46.0 Å². The number of methoxy groups -OCH3 is 1. The Balaban J connectivity index is 1.57. The molecule has 1 heterocycles. The van der Waals surface area contributed by atoms with E-state index in [9.17, 15) is 4.79 Å². The van der Waals surface area contributed by atoms with Gasteiger partial charge in [0.1, 0.15) is 5.75 Å². The standard InChI is InChI=1S/C22H29N3O2/c1-3-24-14-16-25(17-15-24)21-7-5-4-6-20(21)23-22(26)13-10-18-8-11-19(27-2)12-9-18/h4-9,11-12H,3,10,13-17H2,1-2H3,(H,23,26)/p+1. The van der Waals surface area contributed by atoms with E-state index in [0.717, 1.165) is 55.3 Å². The number of nitrogens with zero attached hydrogens (tertiary/aromatic N) is 1. The van der Waals surface area contributed by atoms with Crippen LogP contribution in [0.15, 0.2) is 48.5 Å². The van der Waals surface area contributed by atoms with Crippen LogP contribution in [0.25, 0.3) is 0 Å². The molecule has 1 fully saturated rings. The van der Waals surface area contributed by atoms with Crippen molar-refractivity contribution in [2.75, 3.05) is 50.1 Å². The van der Waals surface area contributed by atoms with Crippen molar-refractivity contribution in [3.05, 3.63) is 54.1 Å². The van der Waals surface area contributed by atoms with Crippen LogP contribution in [0, 0.1) is 0 Å². The third-order valence-electron chi connectivity index (χ3n) is 5.29. The zero-order valence-corrected chi connectivity index (χ0v) is 16.3. The molecule has 0 aliphatic carbocycles. The second-order valence-electron chi connectivity index (χ2n) is 7.00. The SMILES string of the molecule is CC[NH+]1CCN(c2ccccc2NC(=O)CCc2ccc(OC)cc2)CC1. The minimum atomic E-state index is 0.0519. The number of nitrogens with one attached hydrogen (secondary N) is 2. The summed E-state index contributed by atoms with van der Waals surface area (Å²) in [4.78, 5) is 16.5. The number of aryl methyl sites for hydroxylation is 1. The molecule has 2 aromatic carbocycles. The minimum Gasteiger partial charge on any atom is -0.497 e. The van der Waals surface area contributed by atoms with Gasteiger partial charge in [-0.1, -0.05) is 24.3 Å². The van der Waals surface area contributed by atoms with E-state index in [0.29, 0.717) is 6.42 Å². The average molecular weight is 369 g/mol. The maximum Gasteiger partial charge on any atom is 0.224 e. The van der Waals surface area contributed by atoms with Crippen LogP contribution >= 0.6 is 0 Å². The molecule has 0 aromatic heterocycles. The van der Waals surface area contributed by atoms with Gasteiger partial charge in [-0.3, -0.25) is 4.79 Å². The van der Waals surface area contributed by atoms with Crippen LogP contribution < -0.4 is 19.9 Å². The van der Waals surface area contributed by atoms with Crippen LogP contribution in [0.3, 0.4) is 0 Å². The van der Waals surface area contributed by atoms with Crippen LogP contribution in [0.2, 0.25) is 0 Å². The number of piperazine rings is 1. The lowest BCUT2D eigenvalue weighted by Gasteiger charge is -2.34. The number of quaternary nitrogens is 1. The van der Waals surface area contributed by atoms with Gasteiger partial charge in [-0.15, -0.1) is 0 Å². The van der Waals surface area contributed by atoms with Gasteiger partial charge in [0.25, 0.3) is 0 Å². The van der Waals surface area contributed by atoms with Crippen molar-refractivity contribution in [1.29, 1.82) is 0 Å². The summed E-state index contributed by atoms with van der Waals surface area (Å²) >= 11 is 0. The first-order valence-electron chi connectivity index (χ1n) is 9.80. The summed E-state index contributed by atoms with van der Waals surface area (Å²) in [5.74, 6) is 0.887. The van der Waals surface area contributed by atoms with Crippen molar-refractivity contribution in [3.63, 3.8) is 0 Å². The summed E-state index contributed by atoms with van der Waals surface area (Å²) in [7, 11) is 1.66. The van der Waals surface area contributed by atoms with E-state index in [1.165, 1.54) is 6.54 Å². The van der Waals surface area contributed by atoms with Crippen molar-refractivity contribution >= 4 is 17.3 Å². The Morgan fingerprint density at radius 2 is 1.81 bits per heavy atom. The normalized spacial score (nSPS) is 14.8. The molecule has 0 bridgehead atoms. The molecule has 5 heteroatoms. The van der Waals surface area contributed by atoms with E-state index < -0.39 is 0 Å². The van der Waals surface area contributed by atoms with Gasteiger partial charge in [-0.25, -0.2) is 0 Å². The smallest absolute Gasteiger partial charge is 0.224 e. The Morgan fingerprint density at radius 1 is 1.11 bits per heavy atom. The van der Waals surface area contributed by atoms with Gasteiger partial charge in [-0.2, -0.15) is 0 Å². The molecule has 1 aliphatic rings. The molecule has 0 atom stereocenters. The van der Waals surface area contributed by atoms with Crippen molar-refractivity contribution in [3.8, 4) is 5.75 Å². The summed E-state index contributed by atoms with van der Waals surface area (Å²) < 4.78 is 5.17. The Labute approximate surface area is 161 Å². The van der Waals surface area contributed by atoms with Gasteiger partial charge in [0, 0.05) is 6.42 Å². The monoisotopic (exact) mass is 368 g/mol. The second-order valence-corrected chi connectivity index (χ2v) is 7.00. The first-order chi connectivity index (χ1) is 13.2. The Bertz CT molecular complexity index is 737. The number of anilines is 2. The molecule has 0 radical (unpaired) electrons. The predicted molar refractivity (Wildman–Crippen MR) is 110 cm³/mol. The quantitative estimate of drug-likeness (QED) is 0.786. The number of carbonyl (C=O) groups excluding carboxylic acids is 1. The number of benzene rings is 2. The van der Waals surface area contributed by atoms with E-state index in [-0.39, 0.29) is 5.91 Å². The lowest BCUT2D eigenvalue weighted by Crippen LogP contribution is -3.14. The first kappa shape index (κ1) is 19.2. The third kappa shape index (κ3) is 5.23. The zero-order chi connectivity index (χ0) is 19.1. The van der Waals surface area contributed by atoms with Gasteiger partial charge in [0.2, 0.25) is 5.91 Å². The number of hydrogen-bond acceptors (Lipinski definition) is 3. The second kappa shape index (κ2) is 9.42. The maximum absolute atomic E-state index is 12.5. The summed E-state index contributed by atoms with van der Waals surface area (Å²) in [5, 5.41) is 3.11. The fraction of sp³-hybridized carbons (Fsp3) is 0.409. The third-order valence-corrected chi connectivity index (χ3v) is 5.29. The van der Waals surface area contributed by atoms with E-state index in [1.807, 2.05) is 42.5 Å². The molecule has 2 N–H and O–H groups in total. The Kier molecular flexibility index (Phi) is 6.71. The number of amides is 1. The Morgan fingerprint density at radius 3 is 2.48 bits per heavy atom. The fourth-order valence-corrected chi connectivity index (χ4v) is 3.54. The van der Waals surface area contributed by atoms with Gasteiger partial charge >= 0.3 is 0 Å². The highest BCUT2D eigenvalue weighted by Gasteiger charge is 2.21. The molecule has 0 spiro atoms. The van der Waals surface area contributed by atoms with Crippen LogP contribution in [-0.2, 0) is 11.2 Å². The predicted octanol–water partition coefficient (Wildman–Crippen LogP) is 1.99. The number of para-hydroxylation sites is 2. The van der Waals surface area contributed by atoms with E-state index in [4.69, 9.17) is 4.74 Å². The largest absolute Gasteiger partial charge is 0.497 e. The zero-order valence-electron chi connectivity index (χ0n) is 16.3.